The molecule has 4 saturated heterocycles. The molecule has 60 heavy (non-hydrogen) atoms. The minimum atomic E-state index is -1.22. The highest BCUT2D eigenvalue weighted by Gasteiger charge is 2.42. The molecule has 1 aliphatic carbocycles. The number of carbonyl (C=O) groups is 3. The number of amides is 3. The maximum absolute atomic E-state index is 16.3. The molecule has 14 nitrogen and oxygen atoms in total. The van der Waals surface area contributed by atoms with E-state index >= 15 is 8.78 Å². The van der Waals surface area contributed by atoms with E-state index in [9.17, 15) is 14.4 Å². The molecule has 1 saturated carbocycles. The summed E-state index contributed by atoms with van der Waals surface area (Å²) in [5, 5.41) is 11.0. The van der Waals surface area contributed by atoms with Crippen LogP contribution in [0.15, 0.2) is 42.7 Å². The number of anilines is 2. The lowest BCUT2D eigenvalue weighted by Crippen LogP contribution is -2.54. The molecule has 5 aliphatic heterocycles. The van der Waals surface area contributed by atoms with Crippen molar-refractivity contribution in [3.05, 3.63) is 59.7 Å². The van der Waals surface area contributed by atoms with E-state index in [0.29, 0.717) is 49.6 Å². The number of H-pyrrole nitrogens is 1. The highest BCUT2D eigenvalue weighted by Crippen LogP contribution is 2.41. The molecule has 2 aromatic carbocycles. The topological polar surface area (TPSA) is 143 Å². The largest absolute Gasteiger partial charge is 0.488 e. The van der Waals surface area contributed by atoms with Crippen molar-refractivity contribution in [2.75, 3.05) is 75.2 Å². The number of rotatable bonds is 10. The number of likely N-dealkylation sites (tertiary alicyclic amines) is 1. The summed E-state index contributed by atoms with van der Waals surface area (Å²) in [5.74, 6) is 0.493. The van der Waals surface area contributed by atoms with Crippen LogP contribution in [-0.4, -0.2) is 135 Å². The molecule has 2 N–H and O–H groups in total. The van der Waals surface area contributed by atoms with Crippen LogP contribution in [0.4, 0.5) is 20.3 Å². The molecule has 0 spiro atoms. The van der Waals surface area contributed by atoms with E-state index in [0.717, 1.165) is 105 Å². The van der Waals surface area contributed by atoms with Crippen LogP contribution in [0.3, 0.4) is 0 Å². The van der Waals surface area contributed by atoms with Crippen LogP contribution in [0.25, 0.3) is 22.3 Å². The minimum absolute atomic E-state index is 0.0708. The molecule has 2 aromatic heterocycles. The fraction of sp³-hybridized carbons (Fsp3) is 0.545. The fourth-order valence-electron chi connectivity index (χ4n) is 9.83. The maximum Gasteiger partial charge on any atom is 0.255 e. The number of carbonyl (C=O) groups excluding carboxylic acids is 3. The highest BCUT2D eigenvalue weighted by atomic mass is 19.1. The van der Waals surface area contributed by atoms with Gasteiger partial charge in [0.15, 0.2) is 0 Å². The van der Waals surface area contributed by atoms with Crippen molar-refractivity contribution >= 4 is 40.1 Å². The van der Waals surface area contributed by atoms with Crippen molar-refractivity contribution in [1.82, 2.24) is 40.2 Å². The number of ether oxygens (including phenoxy) is 1. The fourth-order valence-corrected chi connectivity index (χ4v) is 9.83. The van der Waals surface area contributed by atoms with Gasteiger partial charge in [0.05, 0.1) is 16.9 Å². The predicted molar refractivity (Wildman–Crippen MR) is 221 cm³/mol. The van der Waals surface area contributed by atoms with Crippen LogP contribution in [0.2, 0.25) is 0 Å². The van der Waals surface area contributed by atoms with Crippen molar-refractivity contribution in [2.24, 2.45) is 5.92 Å². The molecule has 5 fully saturated rings. The van der Waals surface area contributed by atoms with Gasteiger partial charge in [0.25, 0.3) is 5.91 Å². The van der Waals surface area contributed by atoms with Crippen molar-refractivity contribution in [3.8, 4) is 17.1 Å². The van der Waals surface area contributed by atoms with E-state index in [1.807, 2.05) is 24.3 Å². The standard InChI is InChI=1S/C44H52F2N10O4/c1-43(8-9-43)60-30-2-3-34-32(21-30)40(51-50-34)35-23-38(48-27-47-35)55-18-16-53(17-19-55)26-44(46)10-14-52(15-11-44)24-28-6-12-54(13-7-28)37-20-29-25-56(42(59)31(29)22-33(37)45)36-4-5-39(57)49-41(36)58/h2-3,20-23,27-28,36H,4-19,24-26H2,1H3,(H,50,51)(H,49,57,58). The van der Waals surface area contributed by atoms with Gasteiger partial charge in [-0.2, -0.15) is 5.10 Å². The van der Waals surface area contributed by atoms with Crippen molar-refractivity contribution in [3.63, 3.8) is 0 Å². The van der Waals surface area contributed by atoms with Gasteiger partial charge in [-0.3, -0.25) is 29.7 Å². The molecule has 0 bridgehead atoms. The average Bonchev–Trinajstić information content (AvgIpc) is 3.68. The zero-order chi connectivity index (χ0) is 41.2. The van der Waals surface area contributed by atoms with Gasteiger partial charge >= 0.3 is 0 Å². The Labute approximate surface area is 347 Å². The zero-order valence-corrected chi connectivity index (χ0v) is 34.1. The summed E-state index contributed by atoms with van der Waals surface area (Å²) >= 11 is 0. The van der Waals surface area contributed by atoms with E-state index in [4.69, 9.17) is 4.74 Å². The highest BCUT2D eigenvalue weighted by molar-refractivity contribution is 6.05. The van der Waals surface area contributed by atoms with Crippen molar-refractivity contribution in [1.29, 1.82) is 0 Å². The van der Waals surface area contributed by atoms with Gasteiger partial charge in [-0.25, -0.2) is 18.7 Å². The van der Waals surface area contributed by atoms with Crippen molar-refractivity contribution < 1.29 is 27.9 Å². The summed E-state index contributed by atoms with van der Waals surface area (Å²) in [6, 6.07) is 10.3. The van der Waals surface area contributed by atoms with Gasteiger partial charge in [-0.15, -0.1) is 0 Å². The first-order chi connectivity index (χ1) is 29.0. The Balaban J connectivity index is 0.680. The molecule has 1 atom stereocenters. The van der Waals surface area contributed by atoms with Crippen LogP contribution in [-0.2, 0) is 16.1 Å². The monoisotopic (exact) mass is 822 g/mol. The Hall–Kier alpha value is -5.22. The predicted octanol–water partition coefficient (Wildman–Crippen LogP) is 4.69. The van der Waals surface area contributed by atoms with Gasteiger partial charge in [-0.05, 0) is 93.7 Å². The normalized spacial score (nSPS) is 23.6. The number of aromatic nitrogens is 4. The minimum Gasteiger partial charge on any atom is -0.488 e. The van der Waals surface area contributed by atoms with E-state index in [1.54, 1.807) is 12.4 Å². The first-order valence-corrected chi connectivity index (χ1v) is 21.6. The number of fused-ring (bicyclic) bond motifs is 2. The van der Waals surface area contributed by atoms with E-state index in [2.05, 4.69) is 52.0 Å². The second-order valence-electron chi connectivity index (χ2n) is 18.1. The molecule has 4 aromatic rings. The Morgan fingerprint density at radius 1 is 0.867 bits per heavy atom. The molecular weight excluding hydrogens is 771 g/mol. The van der Waals surface area contributed by atoms with Crippen LogP contribution in [0.5, 0.6) is 5.75 Å². The number of benzene rings is 2. The number of piperidine rings is 3. The summed E-state index contributed by atoms with van der Waals surface area (Å²) in [6.07, 6.45) is 7.00. The second kappa shape index (κ2) is 15.4. The molecular formula is C44H52F2N10O4. The molecule has 1 unspecified atom stereocenters. The van der Waals surface area contributed by atoms with Crippen LogP contribution < -0.4 is 19.9 Å². The number of hydrogen-bond acceptors (Lipinski definition) is 11. The van der Waals surface area contributed by atoms with Gasteiger partial charge in [-0.1, -0.05) is 0 Å². The Morgan fingerprint density at radius 3 is 2.40 bits per heavy atom. The SMILES string of the molecule is CC1(Oc2ccc3[nH]nc(-c4cc(N5CCN(CC6(F)CCN(CC7CCN(c8cc9c(cc8F)C(=O)N(C8CCC(=O)NC8=O)C9)CC7)CC6)CC5)ncn4)c3c2)CC1. The number of alkyl halides is 1. The summed E-state index contributed by atoms with van der Waals surface area (Å²) < 4.78 is 38.0. The lowest BCUT2D eigenvalue weighted by molar-refractivity contribution is -0.136. The summed E-state index contributed by atoms with van der Waals surface area (Å²) in [7, 11) is 0. The van der Waals surface area contributed by atoms with Crippen LogP contribution in [0, 0.1) is 11.7 Å². The first kappa shape index (κ1) is 38.9. The molecule has 7 heterocycles. The molecule has 0 radical (unpaired) electrons. The van der Waals surface area contributed by atoms with E-state index in [1.165, 1.54) is 11.0 Å². The first-order valence-electron chi connectivity index (χ1n) is 21.6. The van der Waals surface area contributed by atoms with Gasteiger partial charge in [0.2, 0.25) is 11.8 Å². The number of nitrogens with one attached hydrogen (secondary N) is 2. The third kappa shape index (κ3) is 7.79. The number of nitrogens with zero attached hydrogens (tertiary/aromatic N) is 8. The van der Waals surface area contributed by atoms with Gasteiger partial charge < -0.3 is 24.3 Å². The van der Waals surface area contributed by atoms with Crippen molar-refractivity contribution in [2.45, 2.75) is 82.1 Å². The Kier molecular flexibility index (Phi) is 9.97. The smallest absolute Gasteiger partial charge is 0.255 e. The third-order valence-electron chi connectivity index (χ3n) is 13.8. The average molecular weight is 823 g/mol. The van der Waals surface area contributed by atoms with Gasteiger partial charge in [0.1, 0.15) is 46.7 Å². The lowest BCUT2D eigenvalue weighted by atomic mass is 9.90. The Morgan fingerprint density at radius 2 is 1.65 bits per heavy atom. The molecule has 10 rings (SSSR count). The number of aromatic amines is 1. The number of halogens is 2. The number of hydrogen-bond donors (Lipinski definition) is 2. The molecule has 6 aliphatic rings. The molecule has 316 valence electrons. The third-order valence-corrected chi connectivity index (χ3v) is 13.8. The molecule has 3 amide bonds. The molecule has 16 heteroatoms. The zero-order valence-electron chi connectivity index (χ0n) is 34.1. The number of imide groups is 1. The van der Waals surface area contributed by atoms with E-state index in [-0.39, 0.29) is 42.4 Å². The lowest BCUT2D eigenvalue weighted by Gasteiger charge is -2.43. The maximum atomic E-state index is 16.3. The van der Waals surface area contributed by atoms with E-state index < -0.39 is 23.4 Å². The number of piperazine rings is 1. The van der Waals surface area contributed by atoms with Crippen LogP contribution in [0.1, 0.15) is 74.2 Å². The Bertz CT molecular complexity index is 2310. The van der Waals surface area contributed by atoms with Crippen LogP contribution >= 0.6 is 0 Å². The quantitative estimate of drug-likeness (QED) is 0.215. The summed E-state index contributed by atoms with van der Waals surface area (Å²) in [6.45, 7) is 9.59. The summed E-state index contributed by atoms with van der Waals surface area (Å²) in [5.41, 5.74) is 2.62. The summed E-state index contributed by atoms with van der Waals surface area (Å²) in [4.78, 5) is 56.8. The van der Waals surface area contributed by atoms with Gasteiger partial charge in [0, 0.05) is 95.4 Å². The second-order valence-corrected chi connectivity index (χ2v) is 18.1.